The minimum atomic E-state index is -0.190. The summed E-state index contributed by atoms with van der Waals surface area (Å²) in [5.41, 5.74) is 5.85. The first-order chi connectivity index (χ1) is 7.54. The van der Waals surface area contributed by atoms with Crippen LogP contribution in [0.15, 0.2) is 0 Å². The van der Waals surface area contributed by atoms with Crippen molar-refractivity contribution >= 4 is 5.97 Å². The van der Waals surface area contributed by atoms with Crippen molar-refractivity contribution in [3.8, 4) is 0 Å². The van der Waals surface area contributed by atoms with Gasteiger partial charge in [0.05, 0.1) is 7.11 Å². The van der Waals surface area contributed by atoms with Crippen LogP contribution in [0.5, 0.6) is 0 Å². The molecule has 0 radical (unpaired) electrons. The van der Waals surface area contributed by atoms with E-state index in [1.807, 2.05) is 13.8 Å². The summed E-state index contributed by atoms with van der Waals surface area (Å²) in [4.78, 5) is 11.6. The largest absolute Gasteiger partial charge is 0.468 e. The molecule has 1 aliphatic carbocycles. The molecule has 0 aromatic carbocycles. The van der Waals surface area contributed by atoms with Gasteiger partial charge in [0.1, 0.15) is 6.04 Å². The van der Waals surface area contributed by atoms with Crippen molar-refractivity contribution in [2.24, 2.45) is 11.7 Å². The third kappa shape index (κ3) is 3.76. The number of rotatable bonds is 4. The third-order valence-electron chi connectivity index (χ3n) is 3.31. The van der Waals surface area contributed by atoms with Crippen molar-refractivity contribution in [2.45, 2.75) is 57.7 Å². The fourth-order valence-electron chi connectivity index (χ4n) is 2.20. The van der Waals surface area contributed by atoms with Gasteiger partial charge in [-0.05, 0) is 31.6 Å². The van der Waals surface area contributed by atoms with E-state index < -0.39 is 0 Å². The molecule has 0 aliphatic heterocycles. The number of esters is 1. The van der Waals surface area contributed by atoms with Crippen LogP contribution in [0.1, 0.15) is 39.5 Å². The molecule has 0 amide bonds. The molecule has 1 rings (SSSR count). The number of nitrogens with two attached hydrogens (primary N) is 1. The van der Waals surface area contributed by atoms with Gasteiger partial charge in [0.25, 0.3) is 0 Å². The second kappa shape index (κ2) is 6.21. The van der Waals surface area contributed by atoms with E-state index in [1.54, 1.807) is 0 Å². The molecule has 1 atom stereocenters. The first-order valence-electron chi connectivity index (χ1n) is 6.14. The van der Waals surface area contributed by atoms with Gasteiger partial charge in [-0.25, -0.2) is 0 Å². The number of hydrogen-bond acceptors (Lipinski definition) is 4. The van der Waals surface area contributed by atoms with Crippen molar-refractivity contribution in [1.82, 2.24) is 5.32 Å². The molecule has 16 heavy (non-hydrogen) atoms. The van der Waals surface area contributed by atoms with Crippen molar-refractivity contribution in [3.63, 3.8) is 0 Å². The lowest BCUT2D eigenvalue weighted by atomic mass is 9.90. The second-order valence-electron chi connectivity index (χ2n) is 5.02. The molecular formula is C12H24N2O2. The molecule has 94 valence electrons. The standard InChI is InChI=1S/C12H24N2O2/c1-8(2)11(12(15)16-3)14-10-6-4-9(13)5-7-10/h8-11,14H,4-7,13H2,1-3H3/t9?,10?,11-/m0/s1. The van der Waals surface area contributed by atoms with Crippen LogP contribution in [-0.2, 0) is 9.53 Å². The molecule has 4 heteroatoms. The molecule has 1 fully saturated rings. The molecule has 0 bridgehead atoms. The number of ether oxygens (including phenoxy) is 1. The molecule has 1 aliphatic rings. The topological polar surface area (TPSA) is 64.3 Å². The zero-order valence-electron chi connectivity index (χ0n) is 10.5. The minimum absolute atomic E-state index is 0.162. The van der Waals surface area contributed by atoms with Crippen molar-refractivity contribution in [3.05, 3.63) is 0 Å². The highest BCUT2D eigenvalue weighted by Crippen LogP contribution is 2.18. The lowest BCUT2D eigenvalue weighted by molar-refractivity contribution is -0.144. The smallest absolute Gasteiger partial charge is 0.323 e. The lowest BCUT2D eigenvalue weighted by Crippen LogP contribution is -2.49. The number of carbonyl (C=O) groups is 1. The zero-order chi connectivity index (χ0) is 12.1. The van der Waals surface area contributed by atoms with E-state index in [2.05, 4.69) is 5.32 Å². The first-order valence-corrected chi connectivity index (χ1v) is 6.14. The van der Waals surface area contributed by atoms with Crippen LogP contribution in [0.4, 0.5) is 0 Å². The molecule has 0 aromatic heterocycles. The average Bonchev–Trinajstić information content (AvgIpc) is 2.27. The quantitative estimate of drug-likeness (QED) is 0.706. The minimum Gasteiger partial charge on any atom is -0.468 e. The Hall–Kier alpha value is -0.610. The number of hydrogen-bond donors (Lipinski definition) is 2. The van der Waals surface area contributed by atoms with Gasteiger partial charge < -0.3 is 15.8 Å². The van der Waals surface area contributed by atoms with E-state index in [0.717, 1.165) is 25.7 Å². The van der Waals surface area contributed by atoms with E-state index in [1.165, 1.54) is 7.11 Å². The van der Waals surface area contributed by atoms with Gasteiger partial charge in [0, 0.05) is 12.1 Å². The Morgan fingerprint density at radius 3 is 2.31 bits per heavy atom. The summed E-state index contributed by atoms with van der Waals surface area (Å²) in [6.07, 6.45) is 4.20. The van der Waals surface area contributed by atoms with Crippen LogP contribution in [0.2, 0.25) is 0 Å². The molecule has 0 aromatic rings. The molecule has 0 heterocycles. The Balaban J connectivity index is 2.45. The highest BCUT2D eigenvalue weighted by atomic mass is 16.5. The second-order valence-corrected chi connectivity index (χ2v) is 5.02. The Kier molecular flexibility index (Phi) is 5.22. The summed E-state index contributed by atoms with van der Waals surface area (Å²) < 4.78 is 4.81. The average molecular weight is 228 g/mol. The van der Waals surface area contributed by atoms with Gasteiger partial charge in [-0.2, -0.15) is 0 Å². The number of carbonyl (C=O) groups excluding carboxylic acids is 1. The molecule has 0 saturated heterocycles. The van der Waals surface area contributed by atoms with Gasteiger partial charge in [-0.1, -0.05) is 13.8 Å². The van der Waals surface area contributed by atoms with E-state index >= 15 is 0 Å². The van der Waals surface area contributed by atoms with Gasteiger partial charge in [0.15, 0.2) is 0 Å². The SMILES string of the molecule is COC(=O)[C@@H](NC1CCC(N)CC1)C(C)C. The van der Waals surface area contributed by atoms with Crippen molar-refractivity contribution < 1.29 is 9.53 Å². The maximum atomic E-state index is 11.6. The van der Waals surface area contributed by atoms with Gasteiger partial charge in [-0.15, -0.1) is 0 Å². The van der Waals surface area contributed by atoms with Crippen LogP contribution < -0.4 is 11.1 Å². The number of methoxy groups -OCH3 is 1. The van der Waals surface area contributed by atoms with E-state index in [4.69, 9.17) is 10.5 Å². The molecule has 4 nitrogen and oxygen atoms in total. The molecule has 0 unspecified atom stereocenters. The van der Waals surface area contributed by atoms with Gasteiger partial charge in [-0.3, -0.25) is 4.79 Å². The Morgan fingerprint density at radius 2 is 1.88 bits per heavy atom. The zero-order valence-corrected chi connectivity index (χ0v) is 10.5. The summed E-state index contributed by atoms with van der Waals surface area (Å²) in [5.74, 6) is 0.0907. The predicted molar refractivity (Wildman–Crippen MR) is 64.0 cm³/mol. The Bertz CT molecular complexity index is 223. The molecule has 1 saturated carbocycles. The fraction of sp³-hybridized carbons (Fsp3) is 0.917. The molecule has 3 N–H and O–H groups in total. The maximum absolute atomic E-state index is 11.6. The van der Waals surface area contributed by atoms with E-state index in [0.29, 0.717) is 12.1 Å². The van der Waals surface area contributed by atoms with Crippen LogP contribution in [0.25, 0.3) is 0 Å². The maximum Gasteiger partial charge on any atom is 0.323 e. The lowest BCUT2D eigenvalue weighted by Gasteiger charge is -2.31. The Labute approximate surface area is 97.9 Å². The number of nitrogens with one attached hydrogen (secondary N) is 1. The molecular weight excluding hydrogens is 204 g/mol. The normalized spacial score (nSPS) is 27.8. The van der Waals surface area contributed by atoms with E-state index in [9.17, 15) is 4.79 Å². The Morgan fingerprint density at radius 1 is 1.31 bits per heavy atom. The highest BCUT2D eigenvalue weighted by Gasteiger charge is 2.27. The highest BCUT2D eigenvalue weighted by molar-refractivity contribution is 5.75. The van der Waals surface area contributed by atoms with Crippen LogP contribution in [0, 0.1) is 5.92 Å². The summed E-state index contributed by atoms with van der Waals surface area (Å²) >= 11 is 0. The van der Waals surface area contributed by atoms with Gasteiger partial charge in [0.2, 0.25) is 0 Å². The monoisotopic (exact) mass is 228 g/mol. The fourth-order valence-corrected chi connectivity index (χ4v) is 2.20. The summed E-state index contributed by atoms with van der Waals surface area (Å²) in [7, 11) is 1.44. The van der Waals surface area contributed by atoms with E-state index in [-0.39, 0.29) is 17.9 Å². The van der Waals surface area contributed by atoms with Crippen LogP contribution in [-0.4, -0.2) is 31.2 Å². The summed E-state index contributed by atoms with van der Waals surface area (Å²) in [5, 5.41) is 3.40. The summed E-state index contributed by atoms with van der Waals surface area (Å²) in [6.45, 7) is 4.06. The van der Waals surface area contributed by atoms with Crippen LogP contribution in [0.3, 0.4) is 0 Å². The third-order valence-corrected chi connectivity index (χ3v) is 3.31. The summed E-state index contributed by atoms with van der Waals surface area (Å²) in [6, 6.07) is 0.560. The predicted octanol–water partition coefficient (Wildman–Crippen LogP) is 1.04. The molecule has 0 spiro atoms. The van der Waals surface area contributed by atoms with Gasteiger partial charge >= 0.3 is 5.97 Å². The first kappa shape index (κ1) is 13.5. The van der Waals surface area contributed by atoms with Crippen LogP contribution >= 0.6 is 0 Å². The van der Waals surface area contributed by atoms with Crippen molar-refractivity contribution in [2.75, 3.05) is 7.11 Å². The van der Waals surface area contributed by atoms with Crippen molar-refractivity contribution in [1.29, 1.82) is 0 Å².